The highest BCUT2D eigenvalue weighted by Crippen LogP contribution is 2.19. The fourth-order valence-electron chi connectivity index (χ4n) is 1.85. The quantitative estimate of drug-likeness (QED) is 0.800. The van der Waals surface area contributed by atoms with Crippen LogP contribution < -0.4 is 5.32 Å². The molecule has 1 aromatic heterocycles. The van der Waals surface area contributed by atoms with E-state index >= 15 is 0 Å². The smallest absolute Gasteiger partial charge is 0.325 e. The van der Waals surface area contributed by atoms with Crippen LogP contribution in [-0.2, 0) is 11.3 Å². The van der Waals surface area contributed by atoms with Gasteiger partial charge in [0, 0.05) is 17.6 Å². The van der Waals surface area contributed by atoms with Gasteiger partial charge in [-0.25, -0.2) is 0 Å². The second-order valence-corrected chi connectivity index (χ2v) is 5.13. The summed E-state index contributed by atoms with van der Waals surface area (Å²) in [6.45, 7) is 0.419. The van der Waals surface area contributed by atoms with E-state index < -0.39 is 12.0 Å². The van der Waals surface area contributed by atoms with Crippen molar-refractivity contribution in [3.05, 3.63) is 59.9 Å². The Morgan fingerprint density at radius 2 is 2.05 bits per heavy atom. The number of rotatable bonds is 6. The Hall–Kier alpha value is -1.85. The third-order valence-electron chi connectivity index (χ3n) is 2.91. The Kier molecular flexibility index (Phi) is 5.15. The Bertz CT molecular complexity index is 558. The van der Waals surface area contributed by atoms with Gasteiger partial charge in [0.15, 0.2) is 0 Å². The van der Waals surface area contributed by atoms with Gasteiger partial charge >= 0.3 is 5.97 Å². The van der Waals surface area contributed by atoms with E-state index in [1.54, 1.807) is 18.0 Å². The minimum absolute atomic E-state index is 0.419. The van der Waals surface area contributed by atoms with E-state index in [1.165, 1.54) is 0 Å². The van der Waals surface area contributed by atoms with Gasteiger partial charge < -0.3 is 5.11 Å². The molecule has 0 bridgehead atoms. The fourth-order valence-corrected chi connectivity index (χ4v) is 2.26. The highest BCUT2D eigenvalue weighted by atomic mass is 32.2. The molecule has 0 spiro atoms. The van der Waals surface area contributed by atoms with Gasteiger partial charge in [-0.15, -0.1) is 11.8 Å². The summed E-state index contributed by atoms with van der Waals surface area (Å²) in [6.07, 6.45) is 3.68. The van der Waals surface area contributed by atoms with E-state index in [4.69, 9.17) is 0 Å². The third-order valence-corrected chi connectivity index (χ3v) is 3.65. The molecule has 1 unspecified atom stereocenters. The lowest BCUT2D eigenvalue weighted by molar-refractivity contribution is -0.139. The number of benzene rings is 1. The molecule has 1 aromatic carbocycles. The Labute approximate surface area is 122 Å². The summed E-state index contributed by atoms with van der Waals surface area (Å²) in [4.78, 5) is 16.7. The monoisotopic (exact) mass is 288 g/mol. The topological polar surface area (TPSA) is 62.2 Å². The zero-order valence-corrected chi connectivity index (χ0v) is 11.9. The molecule has 0 saturated heterocycles. The van der Waals surface area contributed by atoms with Crippen LogP contribution in [0.5, 0.6) is 0 Å². The van der Waals surface area contributed by atoms with Crippen LogP contribution in [0.25, 0.3) is 0 Å². The molecule has 0 amide bonds. The van der Waals surface area contributed by atoms with Crippen molar-refractivity contribution >= 4 is 17.7 Å². The molecule has 2 rings (SSSR count). The van der Waals surface area contributed by atoms with Crippen LogP contribution in [-0.4, -0.2) is 22.3 Å². The minimum Gasteiger partial charge on any atom is -0.480 e. The molecule has 0 aliphatic carbocycles. The molecule has 2 aromatic rings. The van der Waals surface area contributed by atoms with Crippen LogP contribution in [0.3, 0.4) is 0 Å². The van der Waals surface area contributed by atoms with Gasteiger partial charge in [-0.05, 0) is 36.1 Å². The molecule has 1 heterocycles. The summed E-state index contributed by atoms with van der Waals surface area (Å²) in [6, 6.07) is 12.4. The first kappa shape index (κ1) is 14.6. The molecule has 0 radical (unpaired) electrons. The average molecular weight is 288 g/mol. The highest BCUT2D eigenvalue weighted by Gasteiger charge is 2.19. The standard InChI is InChI=1S/C15H16N2O2S/c1-20-13-7-5-11(6-8-13)14(15(18)19)17-10-12-4-2-3-9-16-12/h2-9,14,17H,10H2,1H3,(H,18,19). The maximum atomic E-state index is 11.4. The van der Waals surface area contributed by atoms with Gasteiger partial charge in [-0.2, -0.15) is 0 Å². The molecule has 5 heteroatoms. The van der Waals surface area contributed by atoms with Crippen molar-refractivity contribution in [3.8, 4) is 0 Å². The summed E-state index contributed by atoms with van der Waals surface area (Å²) in [5, 5.41) is 12.4. The number of aromatic nitrogens is 1. The van der Waals surface area contributed by atoms with Crippen molar-refractivity contribution in [1.82, 2.24) is 10.3 Å². The second-order valence-electron chi connectivity index (χ2n) is 4.25. The predicted molar refractivity (Wildman–Crippen MR) is 79.7 cm³/mol. The van der Waals surface area contributed by atoms with Gasteiger partial charge in [-0.3, -0.25) is 15.1 Å². The molecule has 104 valence electrons. The summed E-state index contributed by atoms with van der Waals surface area (Å²) in [7, 11) is 0. The van der Waals surface area contributed by atoms with E-state index in [9.17, 15) is 9.90 Å². The van der Waals surface area contributed by atoms with Crippen LogP contribution in [0.1, 0.15) is 17.3 Å². The largest absolute Gasteiger partial charge is 0.480 e. The zero-order valence-electron chi connectivity index (χ0n) is 11.1. The van der Waals surface area contributed by atoms with E-state index in [0.717, 1.165) is 16.2 Å². The van der Waals surface area contributed by atoms with Crippen LogP contribution >= 0.6 is 11.8 Å². The van der Waals surface area contributed by atoms with E-state index in [0.29, 0.717) is 6.54 Å². The normalized spacial score (nSPS) is 12.1. The molecule has 0 aliphatic rings. The molecule has 2 N–H and O–H groups in total. The minimum atomic E-state index is -0.891. The number of carbonyl (C=O) groups is 1. The van der Waals surface area contributed by atoms with Crippen molar-refractivity contribution in [2.75, 3.05) is 6.26 Å². The molecule has 4 nitrogen and oxygen atoms in total. The number of nitrogens with one attached hydrogen (secondary N) is 1. The summed E-state index contributed by atoms with van der Waals surface area (Å²) >= 11 is 1.63. The van der Waals surface area contributed by atoms with Crippen molar-refractivity contribution < 1.29 is 9.90 Å². The van der Waals surface area contributed by atoms with Crippen molar-refractivity contribution in [3.63, 3.8) is 0 Å². The number of hydrogen-bond donors (Lipinski definition) is 2. The van der Waals surface area contributed by atoms with Crippen molar-refractivity contribution in [2.45, 2.75) is 17.5 Å². The SMILES string of the molecule is CSc1ccc(C(NCc2ccccn2)C(=O)O)cc1. The van der Waals surface area contributed by atoms with Crippen molar-refractivity contribution in [1.29, 1.82) is 0 Å². The van der Waals surface area contributed by atoms with Crippen LogP contribution in [0.2, 0.25) is 0 Å². The Morgan fingerprint density at radius 1 is 1.30 bits per heavy atom. The molecule has 0 aliphatic heterocycles. The first-order valence-electron chi connectivity index (χ1n) is 6.21. The number of carboxylic acid groups (broad SMARTS) is 1. The van der Waals surface area contributed by atoms with E-state index in [-0.39, 0.29) is 0 Å². The summed E-state index contributed by atoms with van der Waals surface area (Å²) < 4.78 is 0. The van der Waals surface area contributed by atoms with Gasteiger partial charge in [0.1, 0.15) is 6.04 Å². The lowest BCUT2D eigenvalue weighted by Crippen LogP contribution is -2.28. The Morgan fingerprint density at radius 3 is 2.60 bits per heavy atom. The van der Waals surface area contributed by atoms with Crippen LogP contribution in [0, 0.1) is 0 Å². The second kappa shape index (κ2) is 7.07. The maximum Gasteiger partial charge on any atom is 0.325 e. The summed E-state index contributed by atoms with van der Waals surface area (Å²) in [5.74, 6) is -0.891. The number of pyridine rings is 1. The Balaban J connectivity index is 2.08. The molecular weight excluding hydrogens is 272 g/mol. The molecule has 1 atom stereocenters. The number of carboxylic acids is 1. The molecule has 0 fully saturated rings. The van der Waals surface area contributed by atoms with E-state index in [1.807, 2.05) is 48.7 Å². The summed E-state index contributed by atoms with van der Waals surface area (Å²) in [5.41, 5.74) is 1.56. The number of nitrogens with zero attached hydrogens (tertiary/aromatic N) is 1. The number of hydrogen-bond acceptors (Lipinski definition) is 4. The van der Waals surface area contributed by atoms with Gasteiger partial charge in [0.25, 0.3) is 0 Å². The number of thioether (sulfide) groups is 1. The predicted octanol–water partition coefficient (Wildman–Crippen LogP) is 2.72. The fraction of sp³-hybridized carbons (Fsp3) is 0.200. The van der Waals surface area contributed by atoms with Crippen LogP contribution in [0.15, 0.2) is 53.6 Å². The van der Waals surface area contributed by atoms with Gasteiger partial charge in [-0.1, -0.05) is 18.2 Å². The van der Waals surface area contributed by atoms with E-state index in [2.05, 4.69) is 10.3 Å². The molecule has 0 saturated carbocycles. The zero-order chi connectivity index (χ0) is 14.4. The maximum absolute atomic E-state index is 11.4. The lowest BCUT2D eigenvalue weighted by atomic mass is 10.1. The average Bonchev–Trinajstić information content (AvgIpc) is 2.49. The lowest BCUT2D eigenvalue weighted by Gasteiger charge is -2.15. The van der Waals surface area contributed by atoms with Gasteiger partial charge in [0.2, 0.25) is 0 Å². The molecular formula is C15H16N2O2S. The van der Waals surface area contributed by atoms with Gasteiger partial charge in [0.05, 0.1) is 5.69 Å². The van der Waals surface area contributed by atoms with Crippen LogP contribution in [0.4, 0.5) is 0 Å². The highest BCUT2D eigenvalue weighted by molar-refractivity contribution is 7.98. The first-order valence-corrected chi connectivity index (χ1v) is 7.43. The number of aliphatic carboxylic acids is 1. The third kappa shape index (κ3) is 3.82. The van der Waals surface area contributed by atoms with Crippen molar-refractivity contribution in [2.24, 2.45) is 0 Å². The first-order chi connectivity index (χ1) is 9.70. The molecule has 20 heavy (non-hydrogen) atoms.